The van der Waals surface area contributed by atoms with Gasteiger partial charge in [0.05, 0.1) is 19.1 Å². The number of carbonyl (C=O) groups is 2. The van der Waals surface area contributed by atoms with Crippen molar-refractivity contribution in [3.05, 3.63) is 0 Å². The number of nitrogens with two attached hydrogens (primary N) is 1. The van der Waals surface area contributed by atoms with Crippen LogP contribution in [0.2, 0.25) is 0 Å². The molecule has 6 nitrogen and oxygen atoms in total. The largest absolute Gasteiger partial charge is 0.395 e. The fraction of sp³-hybridized carbons (Fsp3) is 0.857. The quantitative estimate of drug-likeness (QED) is 0.722. The second kappa shape index (κ2) is 6.54. The zero-order valence-electron chi connectivity index (χ0n) is 12.1. The molecule has 3 atom stereocenters. The van der Waals surface area contributed by atoms with E-state index in [9.17, 15) is 14.7 Å². The molecule has 0 aliphatic carbocycles. The highest BCUT2D eigenvalue weighted by Crippen LogP contribution is 2.24. The number of hydrogen-bond acceptors (Lipinski definition) is 4. The second-order valence-electron chi connectivity index (χ2n) is 6.07. The first-order chi connectivity index (χ1) is 9.52. The maximum atomic E-state index is 12.3. The summed E-state index contributed by atoms with van der Waals surface area (Å²) in [6.45, 7) is 4.54. The Labute approximate surface area is 119 Å². The van der Waals surface area contributed by atoms with Gasteiger partial charge in [-0.2, -0.15) is 0 Å². The molecule has 20 heavy (non-hydrogen) atoms. The molecule has 3 unspecified atom stereocenters. The first-order valence-corrected chi connectivity index (χ1v) is 7.45. The highest BCUT2D eigenvalue weighted by molar-refractivity contribution is 5.81. The van der Waals surface area contributed by atoms with Crippen molar-refractivity contribution in [2.75, 3.05) is 32.8 Å². The van der Waals surface area contributed by atoms with Crippen LogP contribution in [0, 0.1) is 11.8 Å². The standard InChI is InChI=1S/C14H25N3O3/c1-10-4-6-16(12(10)9-18)8-13(19)17-5-2-3-11(7-17)14(15)20/h10-12,18H,2-9H2,1H3,(H2,15,20). The zero-order chi connectivity index (χ0) is 14.7. The SMILES string of the molecule is CC1CCN(CC(=O)N2CCCC(C(N)=O)C2)C1CO. The number of rotatable bonds is 4. The number of likely N-dealkylation sites (tertiary alicyclic amines) is 2. The van der Waals surface area contributed by atoms with Crippen molar-refractivity contribution in [2.45, 2.75) is 32.2 Å². The number of piperidine rings is 1. The summed E-state index contributed by atoms with van der Waals surface area (Å²) in [5.41, 5.74) is 5.33. The van der Waals surface area contributed by atoms with E-state index in [2.05, 4.69) is 11.8 Å². The van der Waals surface area contributed by atoms with Crippen LogP contribution in [0.4, 0.5) is 0 Å². The van der Waals surface area contributed by atoms with E-state index in [0.29, 0.717) is 25.6 Å². The molecule has 2 aliphatic rings. The third-order valence-electron chi connectivity index (χ3n) is 4.70. The van der Waals surface area contributed by atoms with Crippen LogP contribution in [0.1, 0.15) is 26.2 Å². The Kier molecular flexibility index (Phi) is 4.99. The minimum Gasteiger partial charge on any atom is -0.395 e. The number of carbonyl (C=O) groups excluding carboxylic acids is 2. The van der Waals surface area contributed by atoms with Crippen LogP contribution in [-0.4, -0.2) is 65.5 Å². The van der Waals surface area contributed by atoms with E-state index in [1.165, 1.54) is 0 Å². The Morgan fingerprint density at radius 1 is 1.30 bits per heavy atom. The van der Waals surface area contributed by atoms with Gasteiger partial charge < -0.3 is 15.7 Å². The number of hydrogen-bond donors (Lipinski definition) is 2. The van der Waals surface area contributed by atoms with Crippen molar-refractivity contribution in [3.63, 3.8) is 0 Å². The summed E-state index contributed by atoms with van der Waals surface area (Å²) >= 11 is 0. The lowest BCUT2D eigenvalue weighted by Gasteiger charge is -2.33. The van der Waals surface area contributed by atoms with Gasteiger partial charge in [0.15, 0.2) is 0 Å². The van der Waals surface area contributed by atoms with Gasteiger partial charge in [0.1, 0.15) is 0 Å². The topological polar surface area (TPSA) is 86.9 Å². The molecule has 6 heteroatoms. The monoisotopic (exact) mass is 283 g/mol. The summed E-state index contributed by atoms with van der Waals surface area (Å²) in [5, 5.41) is 9.42. The average Bonchev–Trinajstić information content (AvgIpc) is 2.79. The highest BCUT2D eigenvalue weighted by atomic mass is 16.3. The van der Waals surface area contributed by atoms with E-state index in [0.717, 1.165) is 25.8 Å². The predicted molar refractivity (Wildman–Crippen MR) is 74.7 cm³/mol. The summed E-state index contributed by atoms with van der Waals surface area (Å²) in [6.07, 6.45) is 2.63. The molecular formula is C14H25N3O3. The van der Waals surface area contributed by atoms with Crippen molar-refractivity contribution in [1.82, 2.24) is 9.80 Å². The molecule has 2 rings (SSSR count). The Hall–Kier alpha value is -1.14. The third-order valence-corrected chi connectivity index (χ3v) is 4.70. The number of aliphatic hydroxyl groups excluding tert-OH is 1. The molecule has 3 N–H and O–H groups in total. The van der Waals surface area contributed by atoms with Crippen molar-refractivity contribution in [2.24, 2.45) is 17.6 Å². The normalized spacial score (nSPS) is 31.5. The van der Waals surface area contributed by atoms with Gasteiger partial charge in [0.2, 0.25) is 11.8 Å². The van der Waals surface area contributed by atoms with Crippen LogP contribution < -0.4 is 5.73 Å². The molecule has 0 radical (unpaired) electrons. The van der Waals surface area contributed by atoms with Gasteiger partial charge in [-0.1, -0.05) is 6.92 Å². The predicted octanol–water partition coefficient (Wildman–Crippen LogP) is -0.587. The maximum Gasteiger partial charge on any atom is 0.236 e. The Morgan fingerprint density at radius 3 is 2.70 bits per heavy atom. The van der Waals surface area contributed by atoms with Crippen LogP contribution in [0.25, 0.3) is 0 Å². The highest BCUT2D eigenvalue weighted by Gasteiger charge is 2.34. The van der Waals surface area contributed by atoms with Crippen molar-refractivity contribution >= 4 is 11.8 Å². The summed E-state index contributed by atoms with van der Waals surface area (Å²) in [7, 11) is 0. The molecule has 0 spiro atoms. The summed E-state index contributed by atoms with van der Waals surface area (Å²) in [4.78, 5) is 27.4. The molecule has 0 aromatic rings. The third kappa shape index (κ3) is 3.30. The molecule has 0 bridgehead atoms. The number of amides is 2. The minimum absolute atomic E-state index is 0.0449. The summed E-state index contributed by atoms with van der Waals surface area (Å²) in [5.74, 6) is -0.0552. The van der Waals surface area contributed by atoms with Crippen LogP contribution in [0.3, 0.4) is 0 Å². The van der Waals surface area contributed by atoms with E-state index in [-0.39, 0.29) is 30.4 Å². The van der Waals surface area contributed by atoms with Crippen LogP contribution >= 0.6 is 0 Å². The lowest BCUT2D eigenvalue weighted by Crippen LogP contribution is -2.49. The lowest BCUT2D eigenvalue weighted by molar-refractivity contribution is -0.136. The van der Waals surface area contributed by atoms with Crippen LogP contribution in [-0.2, 0) is 9.59 Å². The second-order valence-corrected chi connectivity index (χ2v) is 6.07. The minimum atomic E-state index is -0.314. The molecule has 2 aliphatic heterocycles. The van der Waals surface area contributed by atoms with E-state index in [4.69, 9.17) is 5.73 Å². The van der Waals surface area contributed by atoms with Gasteiger partial charge in [-0.25, -0.2) is 0 Å². The molecule has 0 aromatic heterocycles. The Bertz CT molecular complexity index is 375. The Balaban J connectivity index is 1.90. The van der Waals surface area contributed by atoms with Crippen molar-refractivity contribution in [3.8, 4) is 0 Å². The molecule has 2 amide bonds. The van der Waals surface area contributed by atoms with E-state index in [1.807, 2.05) is 0 Å². The van der Waals surface area contributed by atoms with Gasteiger partial charge in [0, 0.05) is 19.1 Å². The number of nitrogens with zero attached hydrogens (tertiary/aromatic N) is 2. The van der Waals surface area contributed by atoms with Crippen LogP contribution in [0.15, 0.2) is 0 Å². The van der Waals surface area contributed by atoms with Gasteiger partial charge in [-0.15, -0.1) is 0 Å². The van der Waals surface area contributed by atoms with Gasteiger partial charge in [-0.3, -0.25) is 14.5 Å². The molecule has 2 heterocycles. The molecular weight excluding hydrogens is 258 g/mol. The maximum absolute atomic E-state index is 12.3. The van der Waals surface area contributed by atoms with Gasteiger partial charge in [-0.05, 0) is 31.7 Å². The van der Waals surface area contributed by atoms with E-state index < -0.39 is 0 Å². The summed E-state index contributed by atoms with van der Waals surface area (Å²) < 4.78 is 0. The Morgan fingerprint density at radius 2 is 2.05 bits per heavy atom. The lowest BCUT2D eigenvalue weighted by atomic mass is 9.97. The van der Waals surface area contributed by atoms with Crippen molar-refractivity contribution in [1.29, 1.82) is 0 Å². The molecule has 2 saturated heterocycles. The fourth-order valence-electron chi connectivity index (χ4n) is 3.29. The van der Waals surface area contributed by atoms with Gasteiger partial charge >= 0.3 is 0 Å². The number of primary amides is 1. The number of aliphatic hydroxyl groups is 1. The molecule has 2 fully saturated rings. The molecule has 114 valence electrons. The van der Waals surface area contributed by atoms with Crippen molar-refractivity contribution < 1.29 is 14.7 Å². The van der Waals surface area contributed by atoms with E-state index >= 15 is 0 Å². The summed E-state index contributed by atoms with van der Waals surface area (Å²) in [6, 6.07) is 0.0793. The van der Waals surface area contributed by atoms with Crippen LogP contribution in [0.5, 0.6) is 0 Å². The zero-order valence-corrected chi connectivity index (χ0v) is 12.1. The average molecular weight is 283 g/mol. The van der Waals surface area contributed by atoms with E-state index in [1.54, 1.807) is 4.90 Å². The molecule has 0 aromatic carbocycles. The molecule has 0 saturated carbocycles. The fourth-order valence-corrected chi connectivity index (χ4v) is 3.29. The van der Waals surface area contributed by atoms with Gasteiger partial charge in [0.25, 0.3) is 0 Å². The first-order valence-electron chi connectivity index (χ1n) is 7.45. The smallest absolute Gasteiger partial charge is 0.236 e. The first kappa shape index (κ1) is 15.3.